The van der Waals surface area contributed by atoms with Crippen LogP contribution < -0.4 is 14.5 Å². The molecule has 0 amide bonds. The van der Waals surface area contributed by atoms with E-state index in [2.05, 4.69) is 169 Å². The highest BCUT2D eigenvalue weighted by atomic mass is 19.1. The first-order valence-electron chi connectivity index (χ1n) is 23.0. The second kappa shape index (κ2) is 16.1. The zero-order chi connectivity index (χ0) is 45.3. The number of anilines is 4. The van der Waals surface area contributed by atoms with Crippen LogP contribution in [0.5, 0.6) is 11.5 Å². The van der Waals surface area contributed by atoms with Crippen LogP contribution in [0.2, 0.25) is 0 Å². The Kier molecular flexibility index (Phi) is 9.68. The summed E-state index contributed by atoms with van der Waals surface area (Å²) in [5.41, 5.74) is 13.9. The summed E-state index contributed by atoms with van der Waals surface area (Å²) in [7, 11) is 0. The van der Waals surface area contributed by atoms with Crippen LogP contribution in [-0.4, -0.2) is 16.2 Å². The molecule has 0 saturated heterocycles. The van der Waals surface area contributed by atoms with Crippen molar-refractivity contribution in [3.8, 4) is 39.6 Å². The van der Waals surface area contributed by atoms with Gasteiger partial charge in [-0.25, -0.2) is 9.37 Å². The molecule has 67 heavy (non-hydrogen) atoms. The maximum atomic E-state index is 15.4. The van der Waals surface area contributed by atoms with E-state index < -0.39 is 0 Å². The van der Waals surface area contributed by atoms with E-state index in [0.717, 1.165) is 89.0 Å². The lowest BCUT2D eigenvalue weighted by molar-refractivity contribution is 0.483. The SMILES string of the molecule is CC(C)c1cc(-c2ccccc2F)cc(C(C)C)c1N1CN(c2cc(Oc3ccc4c5ccccc5n(-c5ccccn5)c4c3)cc(-c3cccc4c3oc3ccccc34)c2)c2ccccc21. The first-order chi connectivity index (χ1) is 32.8. The lowest BCUT2D eigenvalue weighted by atomic mass is 9.87. The number of pyridine rings is 1. The molecule has 1 aliphatic heterocycles. The van der Waals surface area contributed by atoms with Crippen LogP contribution in [0.1, 0.15) is 50.7 Å². The quantitative estimate of drug-likeness (QED) is 0.145. The van der Waals surface area contributed by atoms with Gasteiger partial charge in [-0.15, -0.1) is 0 Å². The van der Waals surface area contributed by atoms with E-state index in [-0.39, 0.29) is 17.7 Å². The van der Waals surface area contributed by atoms with Crippen molar-refractivity contribution < 1.29 is 13.5 Å². The number of benzene rings is 8. The van der Waals surface area contributed by atoms with Crippen molar-refractivity contribution in [1.29, 1.82) is 0 Å². The molecule has 0 fully saturated rings. The fourth-order valence-corrected chi connectivity index (χ4v) is 10.2. The molecule has 8 aromatic carbocycles. The number of hydrogen-bond donors (Lipinski definition) is 0. The molecule has 0 atom stereocenters. The molecule has 4 heterocycles. The summed E-state index contributed by atoms with van der Waals surface area (Å²) in [4.78, 5) is 9.59. The Balaban J connectivity index is 1.03. The summed E-state index contributed by atoms with van der Waals surface area (Å²) >= 11 is 0. The van der Waals surface area contributed by atoms with Gasteiger partial charge in [0.25, 0.3) is 0 Å². The van der Waals surface area contributed by atoms with Crippen LogP contribution >= 0.6 is 0 Å². The molecule has 0 unspecified atom stereocenters. The van der Waals surface area contributed by atoms with Gasteiger partial charge in [-0.2, -0.15) is 0 Å². The Morgan fingerprint density at radius 1 is 0.537 bits per heavy atom. The standard InChI is InChI=1S/C60H47FN4O2/c1-37(2)50-32-40(44-16-5-8-21-52(44)61)33-51(38(3)4)59(50)64-36-63(54-23-10-11-24-55(54)64)41-30-39(45-19-15-20-49-48-18-7-12-25-57(48)67-60(45)49)31-43(34-41)66-42-27-28-47-46-17-6-9-22-53(46)65(56(47)35-42)58-26-13-14-29-62-58/h5-35,37-38H,36H2,1-4H3. The van der Waals surface area contributed by atoms with Crippen molar-refractivity contribution in [2.75, 3.05) is 16.5 Å². The third-order valence-corrected chi connectivity index (χ3v) is 13.3. The van der Waals surface area contributed by atoms with Gasteiger partial charge in [0.15, 0.2) is 0 Å². The molecule has 12 rings (SSSR count). The molecule has 3 aromatic heterocycles. The van der Waals surface area contributed by atoms with Gasteiger partial charge in [-0.3, -0.25) is 4.57 Å². The van der Waals surface area contributed by atoms with Gasteiger partial charge in [-0.1, -0.05) is 119 Å². The average molecular weight is 875 g/mol. The molecule has 7 heteroatoms. The predicted molar refractivity (Wildman–Crippen MR) is 273 cm³/mol. The predicted octanol–water partition coefficient (Wildman–Crippen LogP) is 16.8. The van der Waals surface area contributed by atoms with Gasteiger partial charge in [0.05, 0.1) is 22.4 Å². The summed E-state index contributed by atoms with van der Waals surface area (Å²) in [6.45, 7) is 9.46. The van der Waals surface area contributed by atoms with Crippen LogP contribution in [0.25, 0.3) is 71.8 Å². The Bertz CT molecular complexity index is 3670. The molecular formula is C60H47FN4O2. The average Bonchev–Trinajstić information content (AvgIpc) is 4.04. The number of nitrogens with zero attached hydrogens (tertiary/aromatic N) is 4. The van der Waals surface area contributed by atoms with Crippen LogP contribution in [0, 0.1) is 5.82 Å². The van der Waals surface area contributed by atoms with Crippen molar-refractivity contribution in [3.05, 3.63) is 205 Å². The Labute approximate surface area is 388 Å². The van der Waals surface area contributed by atoms with Crippen LogP contribution in [-0.2, 0) is 0 Å². The summed E-state index contributed by atoms with van der Waals surface area (Å²) < 4.78 is 31.3. The lowest BCUT2D eigenvalue weighted by Crippen LogP contribution is -2.26. The molecule has 11 aromatic rings. The van der Waals surface area contributed by atoms with E-state index in [1.54, 1.807) is 12.1 Å². The number of halogens is 1. The maximum Gasteiger partial charge on any atom is 0.143 e. The van der Waals surface area contributed by atoms with Crippen molar-refractivity contribution in [3.63, 3.8) is 0 Å². The summed E-state index contributed by atoms with van der Waals surface area (Å²) in [5, 5.41) is 4.42. The minimum atomic E-state index is -0.218. The van der Waals surface area contributed by atoms with Crippen molar-refractivity contribution in [2.45, 2.75) is 39.5 Å². The van der Waals surface area contributed by atoms with Gasteiger partial charge >= 0.3 is 0 Å². The molecule has 0 saturated carbocycles. The Morgan fingerprint density at radius 3 is 1.97 bits per heavy atom. The number of furan rings is 1. The van der Waals surface area contributed by atoms with E-state index in [1.165, 1.54) is 11.1 Å². The maximum absolute atomic E-state index is 15.4. The summed E-state index contributed by atoms with van der Waals surface area (Å²) in [6.07, 6.45) is 1.83. The third kappa shape index (κ3) is 6.80. The first-order valence-corrected chi connectivity index (χ1v) is 23.0. The van der Waals surface area contributed by atoms with Gasteiger partial charge in [-0.05, 0) is 113 Å². The minimum absolute atomic E-state index is 0.168. The highest BCUT2D eigenvalue weighted by Gasteiger charge is 2.33. The topological polar surface area (TPSA) is 46.7 Å². The summed E-state index contributed by atoms with van der Waals surface area (Å²) in [6, 6.07) is 62.0. The van der Waals surface area contributed by atoms with Gasteiger partial charge in [0.2, 0.25) is 0 Å². The van der Waals surface area contributed by atoms with E-state index in [0.29, 0.717) is 23.7 Å². The number of ether oxygens (including phenoxy) is 1. The van der Waals surface area contributed by atoms with Crippen LogP contribution in [0.3, 0.4) is 0 Å². The van der Waals surface area contributed by atoms with E-state index >= 15 is 4.39 Å². The smallest absolute Gasteiger partial charge is 0.143 e. The molecule has 0 N–H and O–H groups in total. The zero-order valence-electron chi connectivity index (χ0n) is 37.7. The van der Waals surface area contributed by atoms with Crippen LogP contribution in [0.4, 0.5) is 27.1 Å². The number of fused-ring (bicyclic) bond motifs is 7. The minimum Gasteiger partial charge on any atom is -0.457 e. The Hall–Kier alpha value is -8.16. The van der Waals surface area contributed by atoms with Crippen molar-refractivity contribution in [2.24, 2.45) is 0 Å². The van der Waals surface area contributed by atoms with E-state index in [1.807, 2.05) is 48.7 Å². The highest BCUT2D eigenvalue weighted by Crippen LogP contribution is 2.51. The second-order valence-corrected chi connectivity index (χ2v) is 18.1. The monoisotopic (exact) mass is 874 g/mol. The number of aromatic nitrogens is 2. The summed E-state index contributed by atoms with van der Waals surface area (Å²) in [5.74, 6) is 2.36. The molecule has 0 radical (unpaired) electrons. The molecule has 0 spiro atoms. The Morgan fingerprint density at radius 2 is 1.19 bits per heavy atom. The molecular weight excluding hydrogens is 828 g/mol. The molecule has 6 nitrogen and oxygen atoms in total. The molecule has 1 aliphatic rings. The zero-order valence-corrected chi connectivity index (χ0v) is 37.7. The third-order valence-electron chi connectivity index (χ3n) is 13.3. The van der Waals surface area contributed by atoms with Gasteiger partial charge in [0.1, 0.15) is 41.0 Å². The first kappa shape index (κ1) is 40.4. The largest absolute Gasteiger partial charge is 0.457 e. The van der Waals surface area contributed by atoms with Crippen molar-refractivity contribution >= 4 is 66.5 Å². The fourth-order valence-electron chi connectivity index (χ4n) is 10.2. The highest BCUT2D eigenvalue weighted by molar-refractivity contribution is 6.11. The molecule has 0 bridgehead atoms. The number of rotatable bonds is 9. The van der Waals surface area contributed by atoms with Gasteiger partial charge < -0.3 is 19.0 Å². The van der Waals surface area contributed by atoms with Gasteiger partial charge in [0, 0.05) is 62.4 Å². The number of hydrogen-bond acceptors (Lipinski definition) is 5. The lowest BCUT2D eigenvalue weighted by Gasteiger charge is -2.30. The van der Waals surface area contributed by atoms with E-state index in [4.69, 9.17) is 14.1 Å². The second-order valence-electron chi connectivity index (χ2n) is 18.1. The van der Waals surface area contributed by atoms with Crippen molar-refractivity contribution in [1.82, 2.24) is 9.55 Å². The normalized spacial score (nSPS) is 12.7. The number of para-hydroxylation sites is 5. The molecule has 0 aliphatic carbocycles. The molecule has 326 valence electrons. The van der Waals surface area contributed by atoms with E-state index in [9.17, 15) is 0 Å². The van der Waals surface area contributed by atoms with Crippen LogP contribution in [0.15, 0.2) is 193 Å². The fraction of sp³-hybridized carbons (Fsp3) is 0.117.